The number of nitrogens with zero attached hydrogens (tertiary/aromatic N) is 2. The highest BCUT2D eigenvalue weighted by molar-refractivity contribution is 7.89. The summed E-state index contributed by atoms with van der Waals surface area (Å²) in [4.78, 5) is 0. The molecule has 20 heavy (non-hydrogen) atoms. The zero-order chi connectivity index (χ0) is 15.3. The van der Waals surface area contributed by atoms with Crippen LogP contribution in [0.5, 0.6) is 0 Å². The Morgan fingerprint density at radius 2 is 2.00 bits per heavy atom. The molecule has 0 atom stereocenters. The van der Waals surface area contributed by atoms with E-state index in [0.717, 1.165) is 6.54 Å². The summed E-state index contributed by atoms with van der Waals surface area (Å²) in [6.07, 6.45) is 1.57. The summed E-state index contributed by atoms with van der Waals surface area (Å²) in [6.45, 7) is 11.6. The summed E-state index contributed by atoms with van der Waals surface area (Å²) in [5.74, 6) is 0.271. The fourth-order valence-electron chi connectivity index (χ4n) is 1.97. The third-order valence-electron chi connectivity index (χ3n) is 2.93. The van der Waals surface area contributed by atoms with E-state index in [1.165, 1.54) is 4.31 Å². The van der Waals surface area contributed by atoms with Gasteiger partial charge in [0.1, 0.15) is 0 Å². The van der Waals surface area contributed by atoms with E-state index >= 15 is 0 Å². The predicted octanol–water partition coefficient (Wildman–Crippen LogP) is 1.57. The average molecular weight is 302 g/mol. The van der Waals surface area contributed by atoms with E-state index in [-0.39, 0.29) is 17.0 Å². The summed E-state index contributed by atoms with van der Waals surface area (Å²) in [6, 6.07) is -0.0855. The summed E-state index contributed by atoms with van der Waals surface area (Å²) in [5.41, 5.74) is 0.682. The van der Waals surface area contributed by atoms with Crippen LogP contribution in [0.4, 0.5) is 0 Å². The number of hydrogen-bond donors (Lipinski definition) is 2. The van der Waals surface area contributed by atoms with E-state index in [4.69, 9.17) is 0 Å². The van der Waals surface area contributed by atoms with Crippen molar-refractivity contribution in [2.24, 2.45) is 5.92 Å². The van der Waals surface area contributed by atoms with E-state index in [1.54, 1.807) is 6.20 Å². The van der Waals surface area contributed by atoms with Gasteiger partial charge in [0.2, 0.25) is 0 Å². The first-order valence-corrected chi connectivity index (χ1v) is 8.49. The minimum atomic E-state index is -3.54. The molecule has 0 aliphatic heterocycles. The third-order valence-corrected chi connectivity index (χ3v) is 4.99. The number of aromatic nitrogens is 2. The average Bonchev–Trinajstić information content (AvgIpc) is 2.81. The lowest BCUT2D eigenvalue weighted by Crippen LogP contribution is -2.40. The van der Waals surface area contributed by atoms with Crippen LogP contribution in [0.2, 0.25) is 0 Å². The largest absolute Gasteiger partial charge is 0.313 e. The van der Waals surface area contributed by atoms with Crippen molar-refractivity contribution in [1.29, 1.82) is 0 Å². The quantitative estimate of drug-likeness (QED) is 0.764. The van der Waals surface area contributed by atoms with Gasteiger partial charge in [0.05, 0.1) is 6.20 Å². The third kappa shape index (κ3) is 4.04. The summed E-state index contributed by atoms with van der Waals surface area (Å²) < 4.78 is 27.1. The molecule has 1 aromatic rings. The molecule has 6 nitrogen and oxygen atoms in total. The number of hydrogen-bond acceptors (Lipinski definition) is 4. The Morgan fingerprint density at radius 3 is 2.50 bits per heavy atom. The van der Waals surface area contributed by atoms with Crippen LogP contribution >= 0.6 is 0 Å². The molecule has 0 saturated heterocycles. The molecule has 2 N–H and O–H groups in total. The van der Waals surface area contributed by atoms with Gasteiger partial charge in [0.25, 0.3) is 10.0 Å². The zero-order valence-corrected chi connectivity index (χ0v) is 13.8. The molecule has 0 aliphatic rings. The van der Waals surface area contributed by atoms with Crippen molar-refractivity contribution in [2.45, 2.75) is 52.2 Å². The van der Waals surface area contributed by atoms with Crippen LogP contribution < -0.4 is 5.32 Å². The Bertz CT molecular complexity index is 508. The van der Waals surface area contributed by atoms with Gasteiger partial charge in [0.15, 0.2) is 5.03 Å². The van der Waals surface area contributed by atoms with Gasteiger partial charge in [-0.05, 0) is 26.3 Å². The Morgan fingerprint density at radius 1 is 1.35 bits per heavy atom. The summed E-state index contributed by atoms with van der Waals surface area (Å²) >= 11 is 0. The molecule has 116 valence electrons. The van der Waals surface area contributed by atoms with Crippen molar-refractivity contribution < 1.29 is 8.42 Å². The molecule has 0 amide bonds. The molecule has 0 bridgehead atoms. The topological polar surface area (TPSA) is 78.1 Å². The van der Waals surface area contributed by atoms with Gasteiger partial charge in [0, 0.05) is 24.7 Å². The van der Waals surface area contributed by atoms with Crippen LogP contribution in [0.1, 0.15) is 40.2 Å². The highest BCUT2D eigenvalue weighted by Crippen LogP contribution is 2.21. The molecule has 1 heterocycles. The molecule has 1 rings (SSSR count). The van der Waals surface area contributed by atoms with Crippen molar-refractivity contribution in [3.05, 3.63) is 11.8 Å². The van der Waals surface area contributed by atoms with Crippen molar-refractivity contribution in [1.82, 2.24) is 19.8 Å². The van der Waals surface area contributed by atoms with Crippen molar-refractivity contribution in [3.8, 4) is 0 Å². The molecule has 0 radical (unpaired) electrons. The second-order valence-corrected chi connectivity index (χ2v) is 7.39. The monoisotopic (exact) mass is 302 g/mol. The second-order valence-electron chi connectivity index (χ2n) is 5.57. The molecule has 0 aliphatic carbocycles. The first kappa shape index (κ1) is 17.1. The number of aromatic amines is 1. The molecule has 0 saturated carbocycles. The zero-order valence-electron chi connectivity index (χ0n) is 13.0. The van der Waals surface area contributed by atoms with Crippen LogP contribution in [0.3, 0.4) is 0 Å². The minimum Gasteiger partial charge on any atom is -0.313 e. The normalized spacial score (nSPS) is 12.8. The SMILES string of the molecule is CCNCc1cn[nH]c1S(=O)(=O)N(CC(C)C)C(C)C. The van der Waals surface area contributed by atoms with E-state index in [0.29, 0.717) is 18.7 Å². The number of sulfonamides is 1. The smallest absolute Gasteiger partial charge is 0.260 e. The number of H-pyrrole nitrogens is 1. The van der Waals surface area contributed by atoms with Crippen LogP contribution in [0, 0.1) is 5.92 Å². The molecule has 1 aromatic heterocycles. The van der Waals surface area contributed by atoms with E-state index in [2.05, 4.69) is 15.5 Å². The van der Waals surface area contributed by atoms with Crippen LogP contribution in [0.15, 0.2) is 11.2 Å². The maximum atomic E-state index is 12.8. The minimum absolute atomic E-state index is 0.0855. The fraction of sp³-hybridized carbons (Fsp3) is 0.769. The van der Waals surface area contributed by atoms with Crippen molar-refractivity contribution in [2.75, 3.05) is 13.1 Å². The van der Waals surface area contributed by atoms with Gasteiger partial charge in [-0.1, -0.05) is 20.8 Å². The molecule has 0 spiro atoms. The molecule has 0 fully saturated rings. The number of rotatable bonds is 8. The highest BCUT2D eigenvalue weighted by atomic mass is 32.2. The second kappa shape index (κ2) is 7.19. The van der Waals surface area contributed by atoms with Crippen molar-refractivity contribution in [3.63, 3.8) is 0 Å². The maximum absolute atomic E-state index is 12.8. The van der Waals surface area contributed by atoms with Gasteiger partial charge in [-0.2, -0.15) is 9.40 Å². The van der Waals surface area contributed by atoms with Gasteiger partial charge >= 0.3 is 0 Å². The van der Waals surface area contributed by atoms with Gasteiger partial charge in [-0.25, -0.2) is 8.42 Å². The Hall–Kier alpha value is -0.920. The maximum Gasteiger partial charge on any atom is 0.260 e. The highest BCUT2D eigenvalue weighted by Gasteiger charge is 2.30. The molecule has 7 heteroatoms. The molecular formula is C13H26N4O2S. The Balaban J connectivity index is 3.10. The number of nitrogens with one attached hydrogen (secondary N) is 2. The van der Waals surface area contributed by atoms with Crippen LogP contribution in [-0.4, -0.2) is 42.1 Å². The van der Waals surface area contributed by atoms with Gasteiger partial charge in [-0.3, -0.25) is 5.10 Å². The standard InChI is InChI=1S/C13H26N4O2S/c1-6-14-7-12-8-15-16-13(12)20(18,19)17(11(4)5)9-10(2)3/h8,10-11,14H,6-7,9H2,1-5H3,(H,15,16). The van der Waals surface area contributed by atoms with Crippen LogP contribution in [-0.2, 0) is 16.6 Å². The molecular weight excluding hydrogens is 276 g/mol. The van der Waals surface area contributed by atoms with E-state index in [9.17, 15) is 8.42 Å². The van der Waals surface area contributed by atoms with Crippen molar-refractivity contribution >= 4 is 10.0 Å². The molecule has 0 aromatic carbocycles. The predicted molar refractivity (Wildman–Crippen MR) is 79.8 cm³/mol. The first-order chi connectivity index (χ1) is 9.30. The Labute approximate surface area is 122 Å². The lowest BCUT2D eigenvalue weighted by molar-refractivity contribution is 0.317. The van der Waals surface area contributed by atoms with E-state index in [1.807, 2.05) is 34.6 Å². The first-order valence-electron chi connectivity index (χ1n) is 7.05. The van der Waals surface area contributed by atoms with Crippen LogP contribution in [0.25, 0.3) is 0 Å². The van der Waals surface area contributed by atoms with Gasteiger partial charge in [-0.15, -0.1) is 0 Å². The molecule has 0 unspecified atom stereocenters. The summed E-state index contributed by atoms with van der Waals surface area (Å²) in [7, 11) is -3.54. The lowest BCUT2D eigenvalue weighted by atomic mass is 10.2. The van der Waals surface area contributed by atoms with E-state index < -0.39 is 10.0 Å². The summed E-state index contributed by atoms with van der Waals surface area (Å²) in [5, 5.41) is 9.87. The Kier molecular flexibility index (Phi) is 6.16. The lowest BCUT2D eigenvalue weighted by Gasteiger charge is -2.27. The van der Waals surface area contributed by atoms with Gasteiger partial charge < -0.3 is 5.32 Å². The fourth-order valence-corrected chi connectivity index (χ4v) is 3.88.